The summed E-state index contributed by atoms with van der Waals surface area (Å²) >= 11 is 0.0536. The maximum Gasteiger partial charge on any atom is 0.445 e. The van der Waals surface area contributed by atoms with E-state index in [1.807, 2.05) is 0 Å². The Kier molecular flexibility index (Phi) is 3.58. The third-order valence-corrected chi connectivity index (χ3v) is 4.96. The quantitative estimate of drug-likeness (QED) is 0.845. The first-order chi connectivity index (χ1) is 7.13. The lowest BCUT2D eigenvalue weighted by atomic mass is 10.3. The van der Waals surface area contributed by atoms with Crippen molar-refractivity contribution in [3.05, 3.63) is 5.01 Å². The number of halogens is 3. The van der Waals surface area contributed by atoms with E-state index < -0.39 is 25.4 Å². The Bertz CT molecular complexity index is 464. The molecule has 4 nitrogen and oxygen atoms in total. The van der Waals surface area contributed by atoms with Gasteiger partial charge in [-0.1, -0.05) is 25.2 Å². The zero-order valence-electron chi connectivity index (χ0n) is 8.45. The summed E-state index contributed by atoms with van der Waals surface area (Å²) in [6.45, 7) is 3.31. The fourth-order valence-corrected chi connectivity index (χ4v) is 3.54. The Morgan fingerprint density at radius 2 is 1.88 bits per heavy atom. The van der Waals surface area contributed by atoms with E-state index in [4.69, 9.17) is 0 Å². The third-order valence-electron chi connectivity index (χ3n) is 1.47. The molecular formula is C7H9F3N2O2S2. The molecule has 16 heavy (non-hydrogen) atoms. The lowest BCUT2D eigenvalue weighted by molar-refractivity contribution is -0.138. The van der Waals surface area contributed by atoms with Crippen molar-refractivity contribution in [1.29, 1.82) is 0 Å². The molecule has 0 saturated carbocycles. The topological polar surface area (TPSA) is 59.9 Å². The molecule has 0 atom stereocenters. The van der Waals surface area contributed by atoms with Crippen LogP contribution in [0.25, 0.3) is 0 Å². The summed E-state index contributed by atoms with van der Waals surface area (Å²) < 4.78 is 59.0. The number of aromatic nitrogens is 2. The summed E-state index contributed by atoms with van der Waals surface area (Å²) in [5.41, 5.74) is 0. The highest BCUT2D eigenvalue weighted by Crippen LogP contribution is 2.33. The third kappa shape index (κ3) is 3.14. The highest BCUT2D eigenvalue weighted by molar-refractivity contribution is 7.93. The van der Waals surface area contributed by atoms with Crippen LogP contribution in [0.2, 0.25) is 0 Å². The number of hydrogen-bond acceptors (Lipinski definition) is 5. The van der Waals surface area contributed by atoms with E-state index in [-0.39, 0.29) is 23.0 Å². The van der Waals surface area contributed by atoms with Gasteiger partial charge in [0.05, 0.1) is 5.75 Å². The fourth-order valence-electron chi connectivity index (χ4n) is 0.960. The molecule has 0 aliphatic heterocycles. The van der Waals surface area contributed by atoms with Crippen LogP contribution < -0.4 is 0 Å². The predicted molar refractivity (Wildman–Crippen MR) is 51.8 cm³/mol. The summed E-state index contributed by atoms with van der Waals surface area (Å²) in [4.78, 5) is 0. The van der Waals surface area contributed by atoms with Gasteiger partial charge in [0.15, 0.2) is 0 Å². The average Bonchev–Trinajstić information content (AvgIpc) is 2.47. The second-order valence-corrected chi connectivity index (χ2v) is 6.73. The lowest BCUT2D eigenvalue weighted by Gasteiger charge is -2.02. The molecule has 1 aromatic heterocycles. The summed E-state index contributed by atoms with van der Waals surface area (Å²) in [7, 11) is -3.75. The summed E-state index contributed by atoms with van der Waals surface area (Å²) in [5.74, 6) is -0.414. The molecule has 0 saturated heterocycles. The van der Waals surface area contributed by atoms with Crippen molar-refractivity contribution >= 4 is 21.2 Å². The largest absolute Gasteiger partial charge is 0.445 e. The van der Waals surface area contributed by atoms with Gasteiger partial charge in [0.1, 0.15) is 0 Å². The second kappa shape index (κ2) is 4.28. The van der Waals surface area contributed by atoms with Crippen molar-refractivity contribution in [3.8, 4) is 0 Å². The molecule has 92 valence electrons. The molecular weight excluding hydrogens is 265 g/mol. The van der Waals surface area contributed by atoms with Crippen LogP contribution in [0, 0.1) is 5.92 Å². The molecule has 0 aromatic carbocycles. The van der Waals surface area contributed by atoms with E-state index in [0.717, 1.165) is 0 Å². The number of sulfone groups is 1. The van der Waals surface area contributed by atoms with E-state index in [1.165, 1.54) is 0 Å². The van der Waals surface area contributed by atoms with Crippen molar-refractivity contribution in [2.45, 2.75) is 24.4 Å². The first-order valence-electron chi connectivity index (χ1n) is 4.26. The van der Waals surface area contributed by atoms with Crippen LogP contribution in [-0.4, -0.2) is 24.4 Å². The van der Waals surface area contributed by atoms with Crippen LogP contribution in [-0.2, 0) is 16.0 Å². The van der Waals surface area contributed by atoms with E-state index in [9.17, 15) is 21.6 Å². The van der Waals surface area contributed by atoms with Gasteiger partial charge < -0.3 is 0 Å². The molecule has 0 N–H and O–H groups in total. The molecule has 0 unspecified atom stereocenters. The van der Waals surface area contributed by atoms with E-state index in [0.29, 0.717) is 0 Å². The number of nitrogens with zero attached hydrogens (tertiary/aromatic N) is 2. The van der Waals surface area contributed by atoms with Gasteiger partial charge in [-0.2, -0.15) is 13.2 Å². The Morgan fingerprint density at radius 3 is 2.25 bits per heavy atom. The van der Waals surface area contributed by atoms with Crippen molar-refractivity contribution in [1.82, 2.24) is 10.2 Å². The van der Waals surface area contributed by atoms with Gasteiger partial charge in [-0.15, -0.1) is 10.2 Å². The molecule has 1 aromatic rings. The zero-order chi connectivity index (χ0) is 12.6. The van der Waals surface area contributed by atoms with Gasteiger partial charge in [0.25, 0.3) is 0 Å². The monoisotopic (exact) mass is 274 g/mol. The van der Waals surface area contributed by atoms with Gasteiger partial charge in [-0.05, 0) is 5.92 Å². The van der Waals surface area contributed by atoms with Gasteiger partial charge in [0, 0.05) is 0 Å². The summed E-state index contributed by atoms with van der Waals surface area (Å²) in [6, 6.07) is 0. The van der Waals surface area contributed by atoms with Crippen LogP contribution in [0.15, 0.2) is 4.34 Å². The number of alkyl halides is 3. The van der Waals surface area contributed by atoms with Crippen LogP contribution in [0.4, 0.5) is 13.2 Å². The lowest BCUT2D eigenvalue weighted by Crippen LogP contribution is -2.11. The second-order valence-electron chi connectivity index (χ2n) is 3.55. The van der Waals surface area contributed by atoms with Gasteiger partial charge in [0.2, 0.25) is 19.2 Å². The minimum Gasteiger partial charge on any atom is -0.221 e. The van der Waals surface area contributed by atoms with Gasteiger partial charge in [-0.3, -0.25) is 0 Å². The molecule has 9 heteroatoms. The molecule has 1 rings (SSSR count). The Balaban J connectivity index is 3.03. The molecule has 0 fully saturated rings. The number of rotatable bonds is 3. The molecule has 0 spiro atoms. The van der Waals surface area contributed by atoms with Gasteiger partial charge >= 0.3 is 6.18 Å². The standard InChI is InChI=1S/C7H9F3N2O2S2/c1-4(2)3-16(13,14)6-12-11-5(15-6)7(8,9)10/h4H,3H2,1-2H3. The highest BCUT2D eigenvalue weighted by atomic mass is 32.2. The first-order valence-corrected chi connectivity index (χ1v) is 6.73. The minimum atomic E-state index is -4.65. The first kappa shape index (κ1) is 13.4. The predicted octanol–water partition coefficient (Wildman–Crippen LogP) is 1.99. The van der Waals surface area contributed by atoms with E-state index in [2.05, 4.69) is 10.2 Å². The van der Waals surface area contributed by atoms with Crippen LogP contribution in [0.3, 0.4) is 0 Å². The Hall–Kier alpha value is -0.700. The average molecular weight is 274 g/mol. The van der Waals surface area contributed by atoms with Gasteiger partial charge in [-0.25, -0.2) is 8.42 Å². The van der Waals surface area contributed by atoms with E-state index in [1.54, 1.807) is 13.8 Å². The molecule has 0 bridgehead atoms. The minimum absolute atomic E-state index is 0.0536. The Labute approximate surface area is 94.4 Å². The molecule has 0 radical (unpaired) electrons. The SMILES string of the molecule is CC(C)CS(=O)(=O)c1nnc(C(F)(F)F)s1. The smallest absolute Gasteiger partial charge is 0.221 e. The van der Waals surface area contributed by atoms with Crippen molar-refractivity contribution in [2.75, 3.05) is 5.75 Å². The van der Waals surface area contributed by atoms with E-state index >= 15 is 0 Å². The van der Waals surface area contributed by atoms with Crippen molar-refractivity contribution < 1.29 is 21.6 Å². The van der Waals surface area contributed by atoms with Crippen molar-refractivity contribution in [3.63, 3.8) is 0 Å². The maximum atomic E-state index is 12.2. The zero-order valence-corrected chi connectivity index (χ0v) is 10.1. The van der Waals surface area contributed by atoms with Crippen LogP contribution in [0.5, 0.6) is 0 Å². The molecule has 0 aliphatic rings. The van der Waals surface area contributed by atoms with Crippen LogP contribution in [0.1, 0.15) is 18.9 Å². The summed E-state index contributed by atoms with van der Waals surface area (Å²) in [6.07, 6.45) is -4.65. The number of hydrogen-bond donors (Lipinski definition) is 0. The fraction of sp³-hybridized carbons (Fsp3) is 0.714. The highest BCUT2D eigenvalue weighted by Gasteiger charge is 2.37. The summed E-state index contributed by atoms with van der Waals surface area (Å²) in [5, 5.41) is 4.65. The van der Waals surface area contributed by atoms with Crippen LogP contribution >= 0.6 is 11.3 Å². The Morgan fingerprint density at radius 1 is 1.31 bits per heavy atom. The molecule has 0 aliphatic carbocycles. The normalized spacial score (nSPS) is 13.4. The molecule has 1 heterocycles. The van der Waals surface area contributed by atoms with Crippen molar-refractivity contribution in [2.24, 2.45) is 5.92 Å². The maximum absolute atomic E-state index is 12.2. The molecule has 0 amide bonds.